The van der Waals surface area contributed by atoms with Crippen molar-refractivity contribution in [3.63, 3.8) is 0 Å². The standard InChI is InChI=1S/C17H23NO5.C14H20FNO5/c1-6-9-17(14(20)22-11-7-2)12-18(10-8-13(17)19)15(21)23-16(3,4)5;1-5-8-20-11(18)14(15)9-16(7-6-10(14)17)12(19)21-13(2,3)4/h1,7H,2,8-12H2,3-5H3;5H,1,6-9H2,2-4H3. The number of ketones is 2. The van der Waals surface area contributed by atoms with Gasteiger partial charge in [-0.1, -0.05) is 25.3 Å². The van der Waals surface area contributed by atoms with Gasteiger partial charge < -0.3 is 28.7 Å². The number of likely N-dealkylation sites (tertiary alicyclic amines) is 2. The average molecular weight is 623 g/mol. The zero-order valence-electron chi connectivity index (χ0n) is 26.4. The molecule has 13 heteroatoms. The van der Waals surface area contributed by atoms with Crippen LogP contribution in [0.4, 0.5) is 14.0 Å². The fraction of sp³-hybridized carbons (Fsp3) is 0.613. The maximum absolute atomic E-state index is 14.6. The van der Waals surface area contributed by atoms with E-state index in [1.165, 1.54) is 17.1 Å². The van der Waals surface area contributed by atoms with Gasteiger partial charge in [-0.2, -0.15) is 0 Å². The molecule has 12 nitrogen and oxygen atoms in total. The molecule has 2 unspecified atom stereocenters. The van der Waals surface area contributed by atoms with Crippen LogP contribution in [-0.4, -0.2) is 102 Å². The SMILES string of the molecule is C#CCC1(C(=O)OCC=C)CN(C(=O)OC(C)(C)C)CCC1=O.C=CCOC(=O)C1(F)CN(C(=O)OC(C)(C)C)CCC1=O. The van der Waals surface area contributed by atoms with Gasteiger partial charge in [-0.15, -0.1) is 12.3 Å². The lowest BCUT2D eigenvalue weighted by molar-refractivity contribution is -0.165. The summed E-state index contributed by atoms with van der Waals surface area (Å²) in [5.74, 6) is -0.893. The molecule has 244 valence electrons. The van der Waals surface area contributed by atoms with Gasteiger partial charge in [-0.05, 0) is 41.5 Å². The largest absolute Gasteiger partial charge is 0.461 e. The number of amides is 2. The van der Waals surface area contributed by atoms with Gasteiger partial charge in [0.2, 0.25) is 0 Å². The highest BCUT2D eigenvalue weighted by molar-refractivity contribution is 6.08. The fourth-order valence-electron chi connectivity index (χ4n) is 4.08. The van der Waals surface area contributed by atoms with E-state index in [0.717, 1.165) is 4.90 Å². The number of Topliss-reactive ketones (excluding diaryl/α,β-unsaturated/α-hetero) is 2. The van der Waals surface area contributed by atoms with E-state index in [2.05, 4.69) is 23.8 Å². The van der Waals surface area contributed by atoms with Crippen LogP contribution in [0.1, 0.15) is 60.8 Å². The van der Waals surface area contributed by atoms with E-state index in [-0.39, 0.29) is 57.9 Å². The third-order valence-electron chi connectivity index (χ3n) is 6.15. The number of halogens is 1. The molecule has 44 heavy (non-hydrogen) atoms. The monoisotopic (exact) mass is 622 g/mol. The number of rotatable bonds is 7. The predicted octanol–water partition coefficient (Wildman–Crippen LogP) is 3.57. The van der Waals surface area contributed by atoms with Crippen LogP contribution in [0.25, 0.3) is 0 Å². The van der Waals surface area contributed by atoms with Crippen molar-refractivity contribution in [3.05, 3.63) is 25.3 Å². The Morgan fingerprint density at radius 1 is 0.841 bits per heavy atom. The molecule has 2 rings (SSSR count). The number of alkyl halides is 1. The molecule has 2 saturated heterocycles. The molecule has 0 bridgehead atoms. The van der Waals surface area contributed by atoms with Crippen LogP contribution >= 0.6 is 0 Å². The second-order valence-electron chi connectivity index (χ2n) is 12.2. The minimum Gasteiger partial charge on any atom is -0.461 e. The lowest BCUT2D eigenvalue weighted by Crippen LogP contribution is -2.58. The Balaban J connectivity index is 0.000000442. The summed E-state index contributed by atoms with van der Waals surface area (Å²) in [4.78, 5) is 74.6. The minimum absolute atomic E-state index is 0.00809. The Morgan fingerprint density at radius 3 is 1.70 bits per heavy atom. The molecular weight excluding hydrogens is 579 g/mol. The Kier molecular flexibility index (Phi) is 13.3. The van der Waals surface area contributed by atoms with Crippen LogP contribution in [0.5, 0.6) is 0 Å². The molecule has 0 saturated carbocycles. The van der Waals surface area contributed by atoms with Crippen molar-refractivity contribution in [1.29, 1.82) is 0 Å². The molecule has 0 aromatic rings. The lowest BCUT2D eigenvalue weighted by Gasteiger charge is -2.39. The zero-order valence-corrected chi connectivity index (χ0v) is 26.4. The topological polar surface area (TPSA) is 146 Å². The number of hydrogen-bond donors (Lipinski definition) is 0. The normalized spacial score (nSPS) is 22.0. The summed E-state index contributed by atoms with van der Waals surface area (Å²) in [5, 5.41) is 0. The molecule has 2 aliphatic rings. The van der Waals surface area contributed by atoms with E-state index >= 15 is 0 Å². The number of terminal acetylenes is 1. The number of hydrogen-bond acceptors (Lipinski definition) is 10. The Hall–Kier alpha value is -4.21. The molecule has 2 amide bonds. The molecule has 0 aromatic carbocycles. The first-order valence-corrected chi connectivity index (χ1v) is 14.0. The van der Waals surface area contributed by atoms with Gasteiger partial charge in [0, 0.05) is 38.9 Å². The summed E-state index contributed by atoms with van der Waals surface area (Å²) in [5.41, 5.74) is -5.80. The zero-order chi connectivity index (χ0) is 33.9. The fourth-order valence-corrected chi connectivity index (χ4v) is 4.08. The number of esters is 2. The number of carbonyl (C=O) groups excluding carboxylic acids is 6. The Morgan fingerprint density at radius 2 is 1.27 bits per heavy atom. The summed E-state index contributed by atoms with van der Waals surface area (Å²) >= 11 is 0. The van der Waals surface area contributed by atoms with Crippen LogP contribution < -0.4 is 0 Å². The summed E-state index contributed by atoms with van der Waals surface area (Å²) < 4.78 is 34.7. The number of nitrogens with zero attached hydrogens (tertiary/aromatic N) is 2. The lowest BCUT2D eigenvalue weighted by atomic mass is 9.76. The van der Waals surface area contributed by atoms with Crippen molar-refractivity contribution in [2.75, 3.05) is 39.4 Å². The molecule has 0 aliphatic carbocycles. The molecule has 2 aliphatic heterocycles. The number of ether oxygens (including phenoxy) is 4. The second kappa shape index (κ2) is 15.5. The van der Waals surface area contributed by atoms with Crippen molar-refractivity contribution in [2.24, 2.45) is 5.41 Å². The second-order valence-corrected chi connectivity index (χ2v) is 12.2. The van der Waals surface area contributed by atoms with Gasteiger partial charge in [-0.25, -0.2) is 18.8 Å². The Labute approximate surface area is 257 Å². The maximum atomic E-state index is 14.6. The van der Waals surface area contributed by atoms with E-state index in [4.69, 9.17) is 20.6 Å². The smallest absolute Gasteiger partial charge is 0.410 e. The third kappa shape index (κ3) is 10.5. The van der Waals surface area contributed by atoms with Crippen LogP contribution in [0, 0.1) is 17.8 Å². The minimum atomic E-state index is -2.85. The molecule has 2 atom stereocenters. The molecular formula is C31H43FN2O10. The van der Waals surface area contributed by atoms with Crippen LogP contribution in [0.2, 0.25) is 0 Å². The maximum Gasteiger partial charge on any atom is 0.410 e. The van der Waals surface area contributed by atoms with Crippen molar-refractivity contribution in [2.45, 2.75) is 77.7 Å². The molecule has 0 aromatic heterocycles. The summed E-state index contributed by atoms with van der Waals surface area (Å²) in [7, 11) is 0. The molecule has 2 heterocycles. The summed E-state index contributed by atoms with van der Waals surface area (Å²) in [6.07, 6.45) is 6.29. The number of carbonyl (C=O) groups is 6. The molecule has 0 radical (unpaired) electrons. The van der Waals surface area contributed by atoms with Crippen molar-refractivity contribution >= 4 is 35.7 Å². The number of piperidine rings is 2. The van der Waals surface area contributed by atoms with Crippen molar-refractivity contribution in [3.8, 4) is 12.3 Å². The van der Waals surface area contributed by atoms with E-state index in [9.17, 15) is 33.2 Å². The van der Waals surface area contributed by atoms with Gasteiger partial charge in [0.25, 0.3) is 5.67 Å². The highest BCUT2D eigenvalue weighted by Gasteiger charge is 2.53. The van der Waals surface area contributed by atoms with E-state index < -0.39 is 58.7 Å². The van der Waals surface area contributed by atoms with Crippen molar-refractivity contribution < 1.29 is 52.1 Å². The van der Waals surface area contributed by atoms with Gasteiger partial charge in [0.1, 0.15) is 24.4 Å². The van der Waals surface area contributed by atoms with Crippen LogP contribution in [0.15, 0.2) is 25.3 Å². The summed E-state index contributed by atoms with van der Waals surface area (Å²) in [6.45, 7) is 16.2. The highest BCUT2D eigenvalue weighted by atomic mass is 19.1. The highest BCUT2D eigenvalue weighted by Crippen LogP contribution is 2.33. The van der Waals surface area contributed by atoms with Gasteiger partial charge in [0.15, 0.2) is 17.0 Å². The van der Waals surface area contributed by atoms with E-state index in [0.29, 0.717) is 0 Å². The van der Waals surface area contributed by atoms with Crippen LogP contribution in [0.3, 0.4) is 0 Å². The molecule has 2 fully saturated rings. The van der Waals surface area contributed by atoms with E-state index in [1.807, 2.05) is 0 Å². The van der Waals surface area contributed by atoms with Gasteiger partial charge in [0.05, 0.1) is 6.54 Å². The van der Waals surface area contributed by atoms with Crippen LogP contribution in [-0.2, 0) is 38.1 Å². The first kappa shape index (κ1) is 37.8. The van der Waals surface area contributed by atoms with E-state index in [1.54, 1.807) is 41.5 Å². The van der Waals surface area contributed by atoms with Gasteiger partial charge >= 0.3 is 24.1 Å². The third-order valence-corrected chi connectivity index (χ3v) is 6.15. The molecule has 0 spiro atoms. The predicted molar refractivity (Wildman–Crippen MR) is 157 cm³/mol. The Bertz CT molecular complexity index is 1180. The average Bonchev–Trinajstić information content (AvgIpc) is 2.91. The first-order chi connectivity index (χ1) is 20.3. The quantitative estimate of drug-likeness (QED) is 0.136. The first-order valence-electron chi connectivity index (χ1n) is 14.0. The van der Waals surface area contributed by atoms with Crippen molar-refractivity contribution in [1.82, 2.24) is 9.80 Å². The van der Waals surface area contributed by atoms with Gasteiger partial charge in [-0.3, -0.25) is 14.4 Å². The summed E-state index contributed by atoms with van der Waals surface area (Å²) in [6, 6.07) is 0. The molecule has 0 N–H and O–H groups in total.